The van der Waals surface area contributed by atoms with E-state index < -0.39 is 6.17 Å². The van der Waals surface area contributed by atoms with Crippen molar-refractivity contribution < 1.29 is 0 Å². The topological polar surface area (TPSA) is 69.9 Å². The van der Waals surface area contributed by atoms with Crippen molar-refractivity contribution in [2.75, 3.05) is 0 Å². The molecule has 4 heteroatoms. The molecule has 1 aromatic rings. The van der Waals surface area contributed by atoms with E-state index in [0.29, 0.717) is 5.82 Å². The molecule has 50 valence electrons. The van der Waals surface area contributed by atoms with Crippen molar-refractivity contribution in [3.05, 3.63) is 18.2 Å². The van der Waals surface area contributed by atoms with Gasteiger partial charge in [0.2, 0.25) is 0 Å². The van der Waals surface area contributed by atoms with Crippen molar-refractivity contribution in [1.82, 2.24) is 9.55 Å². The second kappa shape index (κ2) is 2.16. The van der Waals surface area contributed by atoms with Crippen LogP contribution in [0.15, 0.2) is 12.4 Å². The third kappa shape index (κ3) is 1.09. The zero-order chi connectivity index (χ0) is 6.85. The fourth-order valence-electron chi connectivity index (χ4n) is 0.698. The summed E-state index contributed by atoms with van der Waals surface area (Å²) in [4.78, 5) is 3.93. The van der Waals surface area contributed by atoms with Crippen LogP contribution in [0.3, 0.4) is 0 Å². The first-order valence-electron chi connectivity index (χ1n) is 2.70. The molecule has 1 aromatic heterocycles. The van der Waals surface area contributed by atoms with Crippen molar-refractivity contribution in [3.8, 4) is 0 Å². The van der Waals surface area contributed by atoms with Crippen LogP contribution in [0.25, 0.3) is 0 Å². The van der Waals surface area contributed by atoms with E-state index >= 15 is 0 Å². The number of hydrogen-bond acceptors (Lipinski definition) is 3. The summed E-state index contributed by atoms with van der Waals surface area (Å²) >= 11 is 0. The van der Waals surface area contributed by atoms with Crippen LogP contribution < -0.4 is 11.5 Å². The fourth-order valence-corrected chi connectivity index (χ4v) is 0.698. The summed E-state index contributed by atoms with van der Waals surface area (Å²) in [6.07, 6.45) is 3.01. The van der Waals surface area contributed by atoms with Gasteiger partial charge in [0, 0.05) is 19.4 Å². The van der Waals surface area contributed by atoms with Gasteiger partial charge in [-0.2, -0.15) is 0 Å². The lowest BCUT2D eigenvalue weighted by atomic mass is 10.5. The summed E-state index contributed by atoms with van der Waals surface area (Å²) in [5, 5.41) is 0. The van der Waals surface area contributed by atoms with Gasteiger partial charge in [0.15, 0.2) is 0 Å². The molecule has 0 amide bonds. The van der Waals surface area contributed by atoms with E-state index in [1.165, 1.54) is 0 Å². The SMILES string of the molecule is Cn1ccnc1C(N)N. The molecule has 0 unspecified atom stereocenters. The van der Waals surface area contributed by atoms with Gasteiger partial charge in [-0.25, -0.2) is 4.98 Å². The molecule has 0 aliphatic rings. The summed E-state index contributed by atoms with van der Waals surface area (Å²) < 4.78 is 1.80. The summed E-state index contributed by atoms with van der Waals surface area (Å²) in [5.41, 5.74) is 10.7. The Morgan fingerprint density at radius 2 is 2.33 bits per heavy atom. The Hall–Kier alpha value is -0.870. The van der Waals surface area contributed by atoms with E-state index in [4.69, 9.17) is 11.5 Å². The third-order valence-electron chi connectivity index (χ3n) is 1.16. The molecule has 0 fully saturated rings. The molecule has 0 aliphatic carbocycles. The van der Waals surface area contributed by atoms with Crippen molar-refractivity contribution in [2.45, 2.75) is 6.17 Å². The van der Waals surface area contributed by atoms with Gasteiger partial charge in [-0.3, -0.25) is 0 Å². The van der Waals surface area contributed by atoms with Crippen LogP contribution in [0.5, 0.6) is 0 Å². The first kappa shape index (κ1) is 6.25. The average molecular weight is 126 g/mol. The summed E-state index contributed by atoms with van der Waals surface area (Å²) in [7, 11) is 1.86. The van der Waals surface area contributed by atoms with Crippen molar-refractivity contribution in [3.63, 3.8) is 0 Å². The normalized spacial score (nSPS) is 10.7. The highest BCUT2D eigenvalue weighted by Crippen LogP contribution is 1.97. The zero-order valence-corrected chi connectivity index (χ0v) is 5.28. The van der Waals surface area contributed by atoms with E-state index in [0.717, 1.165) is 0 Å². The van der Waals surface area contributed by atoms with Crippen molar-refractivity contribution >= 4 is 0 Å². The Morgan fingerprint density at radius 1 is 1.67 bits per heavy atom. The van der Waals surface area contributed by atoms with Gasteiger partial charge in [-0.05, 0) is 0 Å². The lowest BCUT2D eigenvalue weighted by molar-refractivity contribution is 0.661. The van der Waals surface area contributed by atoms with E-state index in [1.54, 1.807) is 10.8 Å². The molecule has 0 aromatic carbocycles. The standard InChI is InChI=1S/C5H10N4/c1-9-3-2-8-5(9)4(6)7/h2-4H,6-7H2,1H3. The molecule has 1 heterocycles. The first-order chi connectivity index (χ1) is 4.22. The smallest absolute Gasteiger partial charge is 0.139 e. The summed E-state index contributed by atoms with van der Waals surface area (Å²) in [5.74, 6) is 0.704. The predicted molar refractivity (Wildman–Crippen MR) is 34.3 cm³/mol. The highest BCUT2D eigenvalue weighted by Gasteiger charge is 2.02. The number of hydrogen-bond donors (Lipinski definition) is 2. The second-order valence-corrected chi connectivity index (χ2v) is 1.92. The van der Waals surface area contributed by atoms with Crippen LogP contribution >= 0.6 is 0 Å². The molecule has 0 atom stereocenters. The van der Waals surface area contributed by atoms with Crippen molar-refractivity contribution in [1.29, 1.82) is 0 Å². The molecule has 0 bridgehead atoms. The van der Waals surface area contributed by atoms with E-state index in [2.05, 4.69) is 4.98 Å². The molecule has 0 saturated heterocycles. The Kier molecular flexibility index (Phi) is 1.50. The molecule has 0 aliphatic heterocycles. The minimum Gasteiger partial charge on any atom is -0.336 e. The van der Waals surface area contributed by atoms with Crippen LogP contribution in [-0.2, 0) is 7.05 Å². The lowest BCUT2D eigenvalue weighted by Crippen LogP contribution is -2.23. The largest absolute Gasteiger partial charge is 0.336 e. The lowest BCUT2D eigenvalue weighted by Gasteiger charge is -2.03. The quantitative estimate of drug-likeness (QED) is 0.490. The molecule has 4 N–H and O–H groups in total. The molecule has 1 rings (SSSR count). The third-order valence-corrected chi connectivity index (χ3v) is 1.16. The van der Waals surface area contributed by atoms with Gasteiger partial charge in [0.25, 0.3) is 0 Å². The van der Waals surface area contributed by atoms with Crippen LogP contribution in [0.4, 0.5) is 0 Å². The number of imidazole rings is 1. The Balaban J connectivity index is 2.94. The monoisotopic (exact) mass is 126 g/mol. The Labute approximate surface area is 53.5 Å². The van der Waals surface area contributed by atoms with Crippen LogP contribution in [0, 0.1) is 0 Å². The predicted octanol–water partition coefficient (Wildman–Crippen LogP) is -0.664. The molecule has 0 saturated carbocycles. The van der Waals surface area contributed by atoms with Gasteiger partial charge >= 0.3 is 0 Å². The summed E-state index contributed by atoms with van der Waals surface area (Å²) in [6, 6.07) is 0. The maximum absolute atomic E-state index is 5.35. The molecule has 4 nitrogen and oxygen atoms in total. The number of nitrogens with two attached hydrogens (primary N) is 2. The average Bonchev–Trinajstić information content (AvgIpc) is 2.13. The molecular weight excluding hydrogens is 116 g/mol. The van der Waals surface area contributed by atoms with Gasteiger partial charge < -0.3 is 16.0 Å². The van der Waals surface area contributed by atoms with Crippen LogP contribution in [0.1, 0.15) is 12.0 Å². The minimum atomic E-state index is -0.468. The van der Waals surface area contributed by atoms with Gasteiger partial charge in [-0.15, -0.1) is 0 Å². The maximum Gasteiger partial charge on any atom is 0.139 e. The maximum atomic E-state index is 5.35. The van der Waals surface area contributed by atoms with E-state index in [1.807, 2.05) is 13.2 Å². The Morgan fingerprint density at radius 3 is 2.56 bits per heavy atom. The highest BCUT2D eigenvalue weighted by molar-refractivity contribution is 4.94. The summed E-state index contributed by atoms with van der Waals surface area (Å²) in [6.45, 7) is 0. The Bertz CT molecular complexity index is 191. The van der Waals surface area contributed by atoms with Gasteiger partial charge in [0.05, 0.1) is 0 Å². The number of aryl methyl sites for hydroxylation is 1. The van der Waals surface area contributed by atoms with Crippen molar-refractivity contribution in [2.24, 2.45) is 18.5 Å². The molecule has 9 heavy (non-hydrogen) atoms. The molecule has 0 spiro atoms. The van der Waals surface area contributed by atoms with Crippen LogP contribution in [0.2, 0.25) is 0 Å². The van der Waals surface area contributed by atoms with Gasteiger partial charge in [-0.1, -0.05) is 0 Å². The van der Waals surface area contributed by atoms with Crippen LogP contribution in [-0.4, -0.2) is 9.55 Å². The first-order valence-corrected chi connectivity index (χ1v) is 2.70. The number of rotatable bonds is 1. The number of nitrogens with zero attached hydrogens (tertiary/aromatic N) is 2. The van der Waals surface area contributed by atoms with E-state index in [9.17, 15) is 0 Å². The molecular formula is C5H10N4. The minimum absolute atomic E-state index is 0.468. The van der Waals surface area contributed by atoms with Gasteiger partial charge in [0.1, 0.15) is 12.0 Å². The fraction of sp³-hybridized carbons (Fsp3) is 0.400. The van der Waals surface area contributed by atoms with E-state index in [-0.39, 0.29) is 0 Å². The second-order valence-electron chi connectivity index (χ2n) is 1.92. The molecule has 0 radical (unpaired) electrons. The zero-order valence-electron chi connectivity index (χ0n) is 5.28. The highest BCUT2D eigenvalue weighted by atomic mass is 15.1. The number of aromatic nitrogens is 2.